The highest BCUT2D eigenvalue weighted by Gasteiger charge is 2.11. The number of carbonyl (C=O) groups excluding carboxylic acids is 1. The zero-order valence-electron chi connectivity index (χ0n) is 16.4. The normalized spacial score (nSPS) is 11.0. The molecule has 6 nitrogen and oxygen atoms in total. The van der Waals surface area contributed by atoms with Gasteiger partial charge in [-0.25, -0.2) is 9.67 Å². The van der Waals surface area contributed by atoms with Crippen LogP contribution >= 0.6 is 11.3 Å². The molecule has 1 aromatic carbocycles. The average Bonchev–Trinajstić information content (AvgIpc) is 3.47. The maximum absolute atomic E-state index is 12.3. The van der Waals surface area contributed by atoms with Crippen molar-refractivity contribution in [3.8, 4) is 22.1 Å². The van der Waals surface area contributed by atoms with Crippen molar-refractivity contribution < 1.29 is 9.53 Å². The monoisotopic (exact) mass is 416 g/mol. The first-order valence-electron chi connectivity index (χ1n) is 9.37. The fraction of sp³-hybridized carbons (Fsp3) is 0.0870. The number of hydrogen-bond acceptors (Lipinski definition) is 5. The molecular weight excluding hydrogens is 396 g/mol. The Balaban J connectivity index is 1.52. The third-order valence-corrected chi connectivity index (χ3v) is 5.28. The molecule has 0 bridgehead atoms. The summed E-state index contributed by atoms with van der Waals surface area (Å²) in [7, 11) is 1.56. The lowest BCUT2D eigenvalue weighted by Gasteiger charge is -2.04. The summed E-state index contributed by atoms with van der Waals surface area (Å²) >= 11 is 1.62. The zero-order chi connectivity index (χ0) is 20.8. The van der Waals surface area contributed by atoms with Crippen LogP contribution in [0.2, 0.25) is 0 Å². The van der Waals surface area contributed by atoms with Crippen LogP contribution in [-0.4, -0.2) is 27.8 Å². The molecule has 0 atom stereocenters. The van der Waals surface area contributed by atoms with Gasteiger partial charge in [0.15, 0.2) is 0 Å². The summed E-state index contributed by atoms with van der Waals surface area (Å²) < 4.78 is 6.94. The van der Waals surface area contributed by atoms with Crippen LogP contribution in [0.4, 0.5) is 0 Å². The van der Waals surface area contributed by atoms with Crippen molar-refractivity contribution in [2.45, 2.75) is 6.54 Å². The maximum Gasteiger partial charge on any atom is 0.244 e. The van der Waals surface area contributed by atoms with Crippen LogP contribution < -0.4 is 10.1 Å². The number of nitrogens with one attached hydrogen (secondary N) is 1. The number of nitrogens with zero attached hydrogens (tertiary/aromatic N) is 3. The molecule has 4 rings (SSSR count). The second-order valence-corrected chi connectivity index (χ2v) is 7.40. The predicted octanol–water partition coefficient (Wildman–Crippen LogP) is 4.33. The first-order chi connectivity index (χ1) is 14.7. The molecule has 0 aliphatic carbocycles. The van der Waals surface area contributed by atoms with E-state index >= 15 is 0 Å². The van der Waals surface area contributed by atoms with Gasteiger partial charge in [0, 0.05) is 36.6 Å². The smallest absolute Gasteiger partial charge is 0.244 e. The second-order valence-electron chi connectivity index (χ2n) is 6.45. The molecule has 0 spiro atoms. The molecule has 0 aliphatic rings. The van der Waals surface area contributed by atoms with Crippen molar-refractivity contribution in [1.29, 1.82) is 0 Å². The minimum Gasteiger partial charge on any atom is -0.481 e. The lowest BCUT2D eigenvalue weighted by molar-refractivity contribution is -0.116. The molecule has 4 aromatic rings. The van der Waals surface area contributed by atoms with Gasteiger partial charge in [-0.2, -0.15) is 5.10 Å². The molecule has 3 aromatic heterocycles. The minimum atomic E-state index is -0.185. The zero-order valence-corrected chi connectivity index (χ0v) is 17.2. The van der Waals surface area contributed by atoms with Crippen LogP contribution in [0.3, 0.4) is 0 Å². The molecule has 0 aliphatic heterocycles. The van der Waals surface area contributed by atoms with Gasteiger partial charge in [0.1, 0.15) is 5.69 Å². The molecule has 150 valence electrons. The van der Waals surface area contributed by atoms with Crippen molar-refractivity contribution in [2.75, 3.05) is 7.11 Å². The molecule has 0 saturated carbocycles. The fourth-order valence-electron chi connectivity index (χ4n) is 2.91. The Morgan fingerprint density at radius 3 is 2.83 bits per heavy atom. The van der Waals surface area contributed by atoms with Crippen LogP contribution in [-0.2, 0) is 11.3 Å². The quantitative estimate of drug-likeness (QED) is 0.455. The molecule has 0 radical (unpaired) electrons. The van der Waals surface area contributed by atoms with Gasteiger partial charge in [-0.3, -0.25) is 4.79 Å². The highest BCUT2D eigenvalue weighted by molar-refractivity contribution is 7.13. The lowest BCUT2D eigenvalue weighted by atomic mass is 10.2. The number of methoxy groups -OCH3 is 1. The number of thiophene rings is 1. The van der Waals surface area contributed by atoms with Gasteiger partial charge in [0.05, 0.1) is 17.7 Å². The van der Waals surface area contributed by atoms with E-state index in [0.29, 0.717) is 12.4 Å². The van der Waals surface area contributed by atoms with Crippen LogP contribution in [0.1, 0.15) is 11.1 Å². The summed E-state index contributed by atoms with van der Waals surface area (Å²) in [6.07, 6.45) is 6.91. The Bertz CT molecular complexity index is 1150. The molecule has 30 heavy (non-hydrogen) atoms. The number of ether oxygens (including phenoxy) is 1. The largest absolute Gasteiger partial charge is 0.481 e. The Morgan fingerprint density at radius 2 is 2.07 bits per heavy atom. The van der Waals surface area contributed by atoms with Crippen molar-refractivity contribution >= 4 is 23.3 Å². The van der Waals surface area contributed by atoms with E-state index in [-0.39, 0.29) is 5.91 Å². The Morgan fingerprint density at radius 1 is 1.20 bits per heavy atom. The maximum atomic E-state index is 12.3. The van der Waals surface area contributed by atoms with Gasteiger partial charge in [0.25, 0.3) is 0 Å². The van der Waals surface area contributed by atoms with E-state index in [0.717, 1.165) is 27.4 Å². The van der Waals surface area contributed by atoms with E-state index in [1.165, 1.54) is 6.08 Å². The Kier molecular flexibility index (Phi) is 6.01. The van der Waals surface area contributed by atoms with E-state index in [4.69, 9.17) is 9.84 Å². The lowest BCUT2D eigenvalue weighted by Crippen LogP contribution is -2.20. The molecule has 1 amide bonds. The van der Waals surface area contributed by atoms with Crippen LogP contribution in [0.15, 0.2) is 78.4 Å². The Hall–Kier alpha value is -3.71. The topological polar surface area (TPSA) is 69.0 Å². The van der Waals surface area contributed by atoms with E-state index in [1.807, 2.05) is 64.8 Å². The van der Waals surface area contributed by atoms with Gasteiger partial charge in [-0.1, -0.05) is 24.3 Å². The summed E-state index contributed by atoms with van der Waals surface area (Å²) in [4.78, 5) is 17.5. The van der Waals surface area contributed by atoms with E-state index < -0.39 is 0 Å². The van der Waals surface area contributed by atoms with Crippen LogP contribution in [0, 0.1) is 0 Å². The van der Waals surface area contributed by atoms with E-state index in [2.05, 4.69) is 10.3 Å². The highest BCUT2D eigenvalue weighted by atomic mass is 32.1. The summed E-state index contributed by atoms with van der Waals surface area (Å²) in [6, 6.07) is 17.5. The number of aromatic nitrogens is 3. The summed E-state index contributed by atoms with van der Waals surface area (Å²) in [5.41, 5.74) is 3.60. The van der Waals surface area contributed by atoms with Crippen molar-refractivity contribution in [3.63, 3.8) is 0 Å². The van der Waals surface area contributed by atoms with E-state index in [1.54, 1.807) is 36.8 Å². The van der Waals surface area contributed by atoms with E-state index in [9.17, 15) is 4.79 Å². The second kappa shape index (κ2) is 9.19. The molecule has 1 N–H and O–H groups in total. The standard InChI is InChI=1S/C23H20N4O2S/c1-29-22-14-17(11-12-24-22)15-25-21(28)10-9-18-16-27(19-6-3-2-4-7-19)26-23(18)20-8-5-13-30-20/h2-14,16H,15H2,1H3,(H,25,28)/b10-9+. The third kappa shape index (κ3) is 4.64. The summed E-state index contributed by atoms with van der Waals surface area (Å²) in [6.45, 7) is 0.392. The molecule has 0 fully saturated rings. The number of amides is 1. The SMILES string of the molecule is COc1cc(CNC(=O)/C=C/c2cn(-c3ccccc3)nc2-c2cccs2)ccn1. The molecule has 0 unspecified atom stereocenters. The first kappa shape index (κ1) is 19.6. The Labute approximate surface area is 178 Å². The van der Waals surface area contributed by atoms with Gasteiger partial charge in [-0.15, -0.1) is 11.3 Å². The number of hydrogen-bond donors (Lipinski definition) is 1. The number of carbonyl (C=O) groups is 1. The molecule has 0 saturated heterocycles. The highest BCUT2D eigenvalue weighted by Crippen LogP contribution is 2.28. The van der Waals surface area contributed by atoms with Crippen molar-refractivity contribution in [3.05, 3.63) is 89.6 Å². The van der Waals surface area contributed by atoms with Gasteiger partial charge in [-0.05, 0) is 41.3 Å². The van der Waals surface area contributed by atoms with Crippen LogP contribution in [0.5, 0.6) is 5.88 Å². The fourth-order valence-corrected chi connectivity index (χ4v) is 3.64. The molecule has 3 heterocycles. The number of pyridine rings is 1. The third-order valence-electron chi connectivity index (χ3n) is 4.41. The summed E-state index contributed by atoms with van der Waals surface area (Å²) in [5.74, 6) is 0.335. The number of rotatable bonds is 7. The number of para-hydroxylation sites is 1. The van der Waals surface area contributed by atoms with Gasteiger partial charge in [0.2, 0.25) is 11.8 Å². The van der Waals surface area contributed by atoms with Gasteiger partial charge < -0.3 is 10.1 Å². The van der Waals surface area contributed by atoms with Crippen molar-refractivity contribution in [1.82, 2.24) is 20.1 Å². The van der Waals surface area contributed by atoms with Crippen molar-refractivity contribution in [2.24, 2.45) is 0 Å². The van der Waals surface area contributed by atoms with Gasteiger partial charge >= 0.3 is 0 Å². The van der Waals surface area contributed by atoms with Crippen LogP contribution in [0.25, 0.3) is 22.3 Å². The predicted molar refractivity (Wildman–Crippen MR) is 119 cm³/mol. The molecule has 7 heteroatoms. The minimum absolute atomic E-state index is 0.185. The average molecular weight is 417 g/mol. The first-order valence-corrected chi connectivity index (χ1v) is 10.2. The number of benzene rings is 1. The summed E-state index contributed by atoms with van der Waals surface area (Å²) in [5, 5.41) is 9.63. The molecular formula is C23H20N4O2S.